The molecule has 0 bridgehead atoms. The quantitative estimate of drug-likeness (QED) is 0.918. The Labute approximate surface area is 121 Å². The van der Waals surface area contributed by atoms with E-state index in [1.807, 2.05) is 0 Å². The van der Waals surface area contributed by atoms with Crippen LogP contribution in [0.1, 0.15) is 45.3 Å². The number of likely N-dealkylation sites (tertiary alicyclic amines) is 1. The molecule has 110 valence electrons. The van der Waals surface area contributed by atoms with E-state index < -0.39 is 0 Å². The molecule has 2 rings (SSSR count). The number of hydrogen-bond acceptors (Lipinski definition) is 5. The van der Waals surface area contributed by atoms with E-state index in [0.29, 0.717) is 0 Å². The maximum Gasteiger partial charge on any atom is 0.226 e. The maximum atomic E-state index is 6.14. The summed E-state index contributed by atoms with van der Waals surface area (Å²) in [4.78, 5) is 6.78. The molecule has 6 heteroatoms. The van der Waals surface area contributed by atoms with Crippen molar-refractivity contribution < 1.29 is 4.52 Å². The van der Waals surface area contributed by atoms with Crippen molar-refractivity contribution >= 4 is 12.4 Å². The van der Waals surface area contributed by atoms with Gasteiger partial charge >= 0.3 is 0 Å². The molecule has 1 aliphatic rings. The fraction of sp³-hybridized carbons (Fsp3) is 0.846. The van der Waals surface area contributed by atoms with Gasteiger partial charge < -0.3 is 10.3 Å². The highest BCUT2D eigenvalue weighted by molar-refractivity contribution is 5.85. The first kappa shape index (κ1) is 16.4. The number of aromatic nitrogens is 2. The molecule has 1 saturated heterocycles. The second-order valence-corrected chi connectivity index (χ2v) is 5.95. The lowest BCUT2D eigenvalue weighted by atomic mass is 9.80. The monoisotopic (exact) mass is 288 g/mol. The third kappa shape index (κ3) is 4.16. The van der Waals surface area contributed by atoms with Crippen molar-refractivity contribution in [2.24, 2.45) is 11.1 Å². The molecule has 1 aromatic heterocycles. The lowest BCUT2D eigenvalue weighted by Crippen LogP contribution is -2.52. The zero-order valence-corrected chi connectivity index (χ0v) is 12.9. The highest BCUT2D eigenvalue weighted by atomic mass is 35.5. The Morgan fingerprint density at radius 3 is 2.84 bits per heavy atom. The van der Waals surface area contributed by atoms with Crippen LogP contribution in [0.4, 0.5) is 0 Å². The predicted octanol–water partition coefficient (Wildman–Crippen LogP) is 2.00. The average Bonchev–Trinajstić information content (AvgIpc) is 2.71. The molecule has 1 atom stereocenters. The summed E-state index contributed by atoms with van der Waals surface area (Å²) >= 11 is 0. The molecule has 1 aromatic rings. The largest absolute Gasteiger partial charge is 0.339 e. The van der Waals surface area contributed by atoms with Gasteiger partial charge in [-0.05, 0) is 18.3 Å². The number of nitrogens with zero attached hydrogens (tertiary/aromatic N) is 3. The van der Waals surface area contributed by atoms with Gasteiger partial charge in [0.05, 0.1) is 6.54 Å². The Morgan fingerprint density at radius 1 is 1.47 bits per heavy atom. The van der Waals surface area contributed by atoms with Crippen LogP contribution in [0.5, 0.6) is 0 Å². The summed E-state index contributed by atoms with van der Waals surface area (Å²) in [6.07, 6.45) is 2.93. The second-order valence-electron chi connectivity index (χ2n) is 5.95. The molecule has 19 heavy (non-hydrogen) atoms. The van der Waals surface area contributed by atoms with Gasteiger partial charge in [0.1, 0.15) is 0 Å². The van der Waals surface area contributed by atoms with Gasteiger partial charge in [0.15, 0.2) is 5.82 Å². The molecule has 0 aromatic carbocycles. The summed E-state index contributed by atoms with van der Waals surface area (Å²) in [6, 6.07) is 0.287. The third-order valence-electron chi connectivity index (χ3n) is 3.73. The van der Waals surface area contributed by atoms with Crippen molar-refractivity contribution in [1.29, 1.82) is 0 Å². The smallest absolute Gasteiger partial charge is 0.226 e. The Kier molecular flexibility index (Phi) is 5.77. The predicted molar refractivity (Wildman–Crippen MR) is 77.2 cm³/mol. The van der Waals surface area contributed by atoms with Crippen LogP contribution in [0.2, 0.25) is 0 Å². The number of nitrogens with two attached hydrogens (primary N) is 1. The van der Waals surface area contributed by atoms with E-state index in [9.17, 15) is 0 Å². The molecule has 5 nitrogen and oxygen atoms in total. The van der Waals surface area contributed by atoms with Gasteiger partial charge in [0.25, 0.3) is 0 Å². The van der Waals surface area contributed by atoms with Gasteiger partial charge in [-0.3, -0.25) is 4.90 Å². The number of piperidine rings is 1. The van der Waals surface area contributed by atoms with Crippen LogP contribution in [0.3, 0.4) is 0 Å². The van der Waals surface area contributed by atoms with E-state index in [-0.39, 0.29) is 23.9 Å². The SMILES string of the molecule is CCCc1nc(CN2CCC(N)C(C)(C)C2)no1.Cl. The second kappa shape index (κ2) is 6.68. The van der Waals surface area contributed by atoms with Gasteiger partial charge in [-0.15, -0.1) is 12.4 Å². The van der Waals surface area contributed by atoms with E-state index in [1.54, 1.807) is 0 Å². The Balaban J connectivity index is 0.00000180. The molecule has 0 aliphatic carbocycles. The summed E-state index contributed by atoms with van der Waals surface area (Å²) in [6.45, 7) is 9.33. The summed E-state index contributed by atoms with van der Waals surface area (Å²) in [5.41, 5.74) is 6.30. The fourth-order valence-electron chi connectivity index (χ4n) is 2.49. The van der Waals surface area contributed by atoms with Crippen LogP contribution < -0.4 is 5.73 Å². The van der Waals surface area contributed by atoms with Crippen LogP contribution in [0.15, 0.2) is 4.52 Å². The summed E-state index contributed by atoms with van der Waals surface area (Å²) < 4.78 is 5.21. The van der Waals surface area contributed by atoms with Crippen LogP contribution in [0, 0.1) is 5.41 Å². The summed E-state index contributed by atoms with van der Waals surface area (Å²) in [5.74, 6) is 1.55. The average molecular weight is 289 g/mol. The third-order valence-corrected chi connectivity index (χ3v) is 3.73. The van der Waals surface area contributed by atoms with E-state index in [1.165, 1.54) is 0 Å². The molecule has 1 fully saturated rings. The lowest BCUT2D eigenvalue weighted by Gasteiger charge is -2.42. The maximum absolute atomic E-state index is 6.14. The van der Waals surface area contributed by atoms with Crippen molar-refractivity contribution in [2.45, 2.75) is 52.6 Å². The Hall–Kier alpha value is -0.650. The van der Waals surface area contributed by atoms with Crippen LogP contribution in [0.25, 0.3) is 0 Å². The molecule has 0 spiro atoms. The van der Waals surface area contributed by atoms with Gasteiger partial charge in [0, 0.05) is 25.6 Å². The summed E-state index contributed by atoms with van der Waals surface area (Å²) in [5, 5.41) is 4.04. The van der Waals surface area contributed by atoms with E-state index in [0.717, 1.165) is 50.6 Å². The first-order valence-electron chi connectivity index (χ1n) is 6.80. The minimum Gasteiger partial charge on any atom is -0.339 e. The van der Waals surface area contributed by atoms with E-state index in [2.05, 4.69) is 35.8 Å². The summed E-state index contributed by atoms with van der Waals surface area (Å²) in [7, 11) is 0. The molecule has 1 aliphatic heterocycles. The van der Waals surface area contributed by atoms with Gasteiger partial charge in [-0.25, -0.2) is 0 Å². The van der Waals surface area contributed by atoms with Gasteiger partial charge in [-0.2, -0.15) is 4.98 Å². The Bertz CT molecular complexity index is 394. The highest BCUT2D eigenvalue weighted by Gasteiger charge is 2.33. The first-order chi connectivity index (χ1) is 8.51. The number of halogens is 1. The topological polar surface area (TPSA) is 68.2 Å². The standard InChI is InChI=1S/C13H24N4O.ClH/c1-4-5-12-15-11(16-18-12)8-17-7-6-10(14)13(2,3)9-17;/h10H,4-9,14H2,1-3H3;1H. The number of rotatable bonds is 4. The molecule has 0 amide bonds. The normalized spacial score (nSPS) is 23.1. The molecule has 0 radical (unpaired) electrons. The van der Waals surface area contributed by atoms with Crippen LogP contribution in [-0.2, 0) is 13.0 Å². The number of hydrogen-bond donors (Lipinski definition) is 1. The molecule has 2 heterocycles. The number of aryl methyl sites for hydroxylation is 1. The zero-order chi connectivity index (χ0) is 13.2. The van der Waals surface area contributed by atoms with Crippen molar-refractivity contribution in [3.8, 4) is 0 Å². The van der Waals surface area contributed by atoms with Crippen molar-refractivity contribution in [3.63, 3.8) is 0 Å². The van der Waals surface area contributed by atoms with Crippen molar-refractivity contribution in [3.05, 3.63) is 11.7 Å². The van der Waals surface area contributed by atoms with E-state index >= 15 is 0 Å². The van der Waals surface area contributed by atoms with E-state index in [4.69, 9.17) is 10.3 Å². The van der Waals surface area contributed by atoms with Crippen molar-refractivity contribution in [1.82, 2.24) is 15.0 Å². The van der Waals surface area contributed by atoms with Gasteiger partial charge in [0.2, 0.25) is 5.89 Å². The Morgan fingerprint density at radius 2 is 2.21 bits per heavy atom. The first-order valence-corrected chi connectivity index (χ1v) is 6.80. The van der Waals surface area contributed by atoms with Crippen LogP contribution >= 0.6 is 12.4 Å². The van der Waals surface area contributed by atoms with Gasteiger partial charge in [-0.1, -0.05) is 25.9 Å². The minimum atomic E-state index is 0. The zero-order valence-electron chi connectivity index (χ0n) is 12.1. The molecule has 2 N–H and O–H groups in total. The molecular formula is C13H25ClN4O. The van der Waals surface area contributed by atoms with Crippen LogP contribution in [-0.4, -0.2) is 34.2 Å². The minimum absolute atomic E-state index is 0. The fourth-order valence-corrected chi connectivity index (χ4v) is 2.49. The highest BCUT2D eigenvalue weighted by Crippen LogP contribution is 2.28. The molecule has 0 saturated carbocycles. The van der Waals surface area contributed by atoms with Crippen molar-refractivity contribution in [2.75, 3.05) is 13.1 Å². The lowest BCUT2D eigenvalue weighted by molar-refractivity contribution is 0.0872. The molecular weight excluding hydrogens is 264 g/mol. The molecule has 1 unspecified atom stereocenters.